The molecule has 0 aliphatic heterocycles. The van der Waals surface area contributed by atoms with Gasteiger partial charge in [0.1, 0.15) is 0 Å². The van der Waals surface area contributed by atoms with Crippen molar-refractivity contribution in [2.45, 2.75) is 32.7 Å². The van der Waals surface area contributed by atoms with Crippen LogP contribution < -0.4 is 0 Å². The predicted octanol–water partition coefficient (Wildman–Crippen LogP) is 1.02. The summed E-state index contributed by atoms with van der Waals surface area (Å²) in [4.78, 5) is 0. The third-order valence-corrected chi connectivity index (χ3v) is 1.06. The highest BCUT2D eigenvalue weighted by atomic mass is 16.8. The van der Waals surface area contributed by atoms with Gasteiger partial charge in [0.15, 0.2) is 0 Å². The first-order valence-electron chi connectivity index (χ1n) is 3.80. The zero-order valence-electron chi connectivity index (χ0n) is 7.08. The number of ether oxygens (including phenoxy) is 1. The molecule has 0 aliphatic carbocycles. The van der Waals surface area contributed by atoms with Gasteiger partial charge in [-0.05, 0) is 12.8 Å². The number of hydrogen-bond acceptors (Lipinski definition) is 3. The molecule has 3 heteroatoms. The Bertz CT molecular complexity index is 113. The SMILES string of the molecule is CCC=CCCOC(C)(O)O. The molecule has 0 bridgehead atoms. The number of hydrogen-bond donors (Lipinski definition) is 2. The number of allylic oxidation sites excluding steroid dienone is 1. The van der Waals surface area contributed by atoms with Gasteiger partial charge in [0.25, 0.3) is 5.97 Å². The van der Waals surface area contributed by atoms with Gasteiger partial charge in [-0.25, -0.2) is 0 Å². The highest BCUT2D eigenvalue weighted by Gasteiger charge is 2.13. The zero-order valence-corrected chi connectivity index (χ0v) is 7.08. The first-order valence-corrected chi connectivity index (χ1v) is 3.80. The van der Waals surface area contributed by atoms with Crippen LogP contribution in [0.5, 0.6) is 0 Å². The Hall–Kier alpha value is -0.380. The first-order chi connectivity index (χ1) is 5.06. The van der Waals surface area contributed by atoms with Crippen LogP contribution in [0.15, 0.2) is 12.2 Å². The van der Waals surface area contributed by atoms with E-state index in [4.69, 9.17) is 10.2 Å². The van der Waals surface area contributed by atoms with E-state index in [-0.39, 0.29) is 0 Å². The van der Waals surface area contributed by atoms with E-state index in [1.54, 1.807) is 0 Å². The lowest BCUT2D eigenvalue weighted by Gasteiger charge is -2.15. The topological polar surface area (TPSA) is 49.7 Å². The second-order valence-corrected chi connectivity index (χ2v) is 2.45. The summed E-state index contributed by atoms with van der Waals surface area (Å²) in [6.45, 7) is 3.57. The van der Waals surface area contributed by atoms with Crippen molar-refractivity contribution in [1.29, 1.82) is 0 Å². The van der Waals surface area contributed by atoms with Crippen LogP contribution in [-0.2, 0) is 4.74 Å². The molecular formula is C8H16O3. The molecule has 0 atom stereocenters. The predicted molar refractivity (Wildman–Crippen MR) is 42.8 cm³/mol. The molecule has 0 unspecified atom stereocenters. The summed E-state index contributed by atoms with van der Waals surface area (Å²) >= 11 is 0. The third kappa shape index (κ3) is 9.62. The van der Waals surface area contributed by atoms with Gasteiger partial charge in [-0.1, -0.05) is 19.1 Å². The van der Waals surface area contributed by atoms with Crippen molar-refractivity contribution in [2.24, 2.45) is 0 Å². The molecule has 0 aromatic rings. The average Bonchev–Trinajstić information content (AvgIpc) is 1.85. The molecule has 0 amide bonds. The third-order valence-electron chi connectivity index (χ3n) is 1.06. The first kappa shape index (κ1) is 10.6. The molecule has 66 valence electrons. The largest absolute Gasteiger partial charge is 0.344 e. The van der Waals surface area contributed by atoms with Gasteiger partial charge in [0, 0.05) is 6.92 Å². The summed E-state index contributed by atoms with van der Waals surface area (Å²) in [6, 6.07) is 0. The van der Waals surface area contributed by atoms with Crippen LogP contribution in [0.25, 0.3) is 0 Å². The molecule has 0 aromatic heterocycles. The second kappa shape index (κ2) is 5.29. The highest BCUT2D eigenvalue weighted by molar-refractivity contribution is 4.79. The van der Waals surface area contributed by atoms with E-state index in [0.29, 0.717) is 13.0 Å². The van der Waals surface area contributed by atoms with Crippen LogP contribution in [0.4, 0.5) is 0 Å². The van der Waals surface area contributed by atoms with Gasteiger partial charge < -0.3 is 14.9 Å². The average molecular weight is 160 g/mol. The van der Waals surface area contributed by atoms with Crippen molar-refractivity contribution in [1.82, 2.24) is 0 Å². The van der Waals surface area contributed by atoms with E-state index in [0.717, 1.165) is 6.42 Å². The summed E-state index contributed by atoms with van der Waals surface area (Å²) in [5.74, 6) is -1.99. The van der Waals surface area contributed by atoms with Gasteiger partial charge in [0.2, 0.25) is 0 Å². The Balaban J connectivity index is 3.21. The van der Waals surface area contributed by atoms with Crippen LogP contribution in [-0.4, -0.2) is 22.8 Å². The monoisotopic (exact) mass is 160 g/mol. The molecule has 0 aliphatic rings. The van der Waals surface area contributed by atoms with Crippen molar-refractivity contribution in [3.05, 3.63) is 12.2 Å². The standard InChI is InChI=1S/C8H16O3/c1-3-4-5-6-7-11-8(2,9)10/h4-5,9-10H,3,6-7H2,1-2H3. The summed E-state index contributed by atoms with van der Waals surface area (Å²) in [7, 11) is 0. The van der Waals surface area contributed by atoms with Crippen molar-refractivity contribution < 1.29 is 14.9 Å². The molecule has 2 N–H and O–H groups in total. The summed E-state index contributed by atoms with van der Waals surface area (Å²) < 4.78 is 4.64. The molecule has 0 spiro atoms. The van der Waals surface area contributed by atoms with Gasteiger partial charge >= 0.3 is 0 Å². The van der Waals surface area contributed by atoms with Crippen LogP contribution >= 0.6 is 0 Å². The molecule has 0 fully saturated rings. The Morgan fingerprint density at radius 2 is 2.00 bits per heavy atom. The van der Waals surface area contributed by atoms with Crippen molar-refractivity contribution in [3.8, 4) is 0 Å². The number of rotatable bonds is 5. The minimum absolute atomic E-state index is 0.333. The minimum Gasteiger partial charge on any atom is -0.344 e. The Morgan fingerprint density at radius 3 is 2.45 bits per heavy atom. The lowest BCUT2D eigenvalue weighted by atomic mass is 10.3. The van der Waals surface area contributed by atoms with E-state index in [1.807, 2.05) is 19.1 Å². The summed E-state index contributed by atoms with van der Waals surface area (Å²) in [5, 5.41) is 17.4. The van der Waals surface area contributed by atoms with Crippen molar-refractivity contribution in [2.75, 3.05) is 6.61 Å². The van der Waals surface area contributed by atoms with Crippen molar-refractivity contribution in [3.63, 3.8) is 0 Å². The lowest BCUT2D eigenvalue weighted by Crippen LogP contribution is -2.27. The molecule has 0 saturated heterocycles. The molecule has 0 rings (SSSR count). The Kier molecular flexibility index (Phi) is 5.11. The molecular weight excluding hydrogens is 144 g/mol. The fourth-order valence-electron chi connectivity index (χ4n) is 0.605. The zero-order chi connectivity index (χ0) is 8.74. The van der Waals surface area contributed by atoms with Gasteiger partial charge in [0.05, 0.1) is 6.61 Å². The van der Waals surface area contributed by atoms with Crippen LogP contribution in [0.3, 0.4) is 0 Å². The Labute approximate surface area is 67.3 Å². The maximum absolute atomic E-state index is 8.68. The lowest BCUT2D eigenvalue weighted by molar-refractivity contribution is -0.324. The van der Waals surface area contributed by atoms with Gasteiger partial charge in [-0.3, -0.25) is 0 Å². The number of aliphatic hydroxyl groups is 2. The normalized spacial score (nSPS) is 12.7. The van der Waals surface area contributed by atoms with Crippen molar-refractivity contribution >= 4 is 0 Å². The minimum atomic E-state index is -1.99. The maximum atomic E-state index is 8.68. The fraction of sp³-hybridized carbons (Fsp3) is 0.750. The van der Waals surface area contributed by atoms with E-state index in [2.05, 4.69) is 4.74 Å². The molecule has 11 heavy (non-hydrogen) atoms. The fourth-order valence-corrected chi connectivity index (χ4v) is 0.605. The molecule has 0 aromatic carbocycles. The molecule has 3 nitrogen and oxygen atoms in total. The van der Waals surface area contributed by atoms with Crippen LogP contribution in [0.1, 0.15) is 26.7 Å². The van der Waals surface area contributed by atoms with Gasteiger partial charge in [-0.15, -0.1) is 0 Å². The quantitative estimate of drug-likeness (QED) is 0.358. The summed E-state index contributed by atoms with van der Waals surface area (Å²) in [5.41, 5.74) is 0. The second-order valence-electron chi connectivity index (χ2n) is 2.45. The smallest absolute Gasteiger partial charge is 0.274 e. The van der Waals surface area contributed by atoms with Crippen LogP contribution in [0.2, 0.25) is 0 Å². The van der Waals surface area contributed by atoms with E-state index in [1.165, 1.54) is 6.92 Å². The Morgan fingerprint density at radius 1 is 1.36 bits per heavy atom. The van der Waals surface area contributed by atoms with E-state index in [9.17, 15) is 0 Å². The summed E-state index contributed by atoms with van der Waals surface area (Å²) in [6.07, 6.45) is 5.67. The molecule has 0 heterocycles. The van der Waals surface area contributed by atoms with E-state index >= 15 is 0 Å². The van der Waals surface area contributed by atoms with E-state index < -0.39 is 5.97 Å². The maximum Gasteiger partial charge on any atom is 0.274 e. The molecule has 0 saturated carbocycles. The van der Waals surface area contributed by atoms with Crippen LogP contribution in [0, 0.1) is 0 Å². The highest BCUT2D eigenvalue weighted by Crippen LogP contribution is 2.00. The van der Waals surface area contributed by atoms with Gasteiger partial charge in [-0.2, -0.15) is 0 Å². The molecule has 0 radical (unpaired) electrons.